The van der Waals surface area contributed by atoms with Gasteiger partial charge in [0.25, 0.3) is 5.91 Å². The molecule has 1 aromatic heterocycles. The molecule has 0 bridgehead atoms. The number of nitrogens with one attached hydrogen (secondary N) is 1. The first kappa shape index (κ1) is 18.7. The fourth-order valence-corrected chi connectivity index (χ4v) is 3.99. The summed E-state index contributed by atoms with van der Waals surface area (Å²) >= 11 is 0. The van der Waals surface area contributed by atoms with Crippen molar-refractivity contribution in [2.24, 2.45) is 7.05 Å². The van der Waals surface area contributed by atoms with Crippen LogP contribution in [0.3, 0.4) is 0 Å². The van der Waals surface area contributed by atoms with Crippen LogP contribution in [0.25, 0.3) is 11.0 Å². The zero-order valence-corrected chi connectivity index (χ0v) is 16.7. The van der Waals surface area contributed by atoms with Crippen LogP contribution in [-0.2, 0) is 13.6 Å². The van der Waals surface area contributed by atoms with Crippen LogP contribution < -0.4 is 5.32 Å². The SMILES string of the molecule is Cc1ccccc1C(=O)Nc1ccc2c(c1)nc(CN1CCCCCC1)n2C. The Bertz CT molecular complexity index is 983. The van der Waals surface area contributed by atoms with Crippen LogP contribution in [0.2, 0.25) is 0 Å². The van der Waals surface area contributed by atoms with Crippen molar-refractivity contribution in [1.82, 2.24) is 14.5 Å². The monoisotopic (exact) mass is 376 g/mol. The van der Waals surface area contributed by atoms with E-state index in [1.807, 2.05) is 49.4 Å². The van der Waals surface area contributed by atoms with Gasteiger partial charge in [0.1, 0.15) is 5.82 Å². The molecule has 1 fully saturated rings. The Balaban J connectivity index is 1.54. The van der Waals surface area contributed by atoms with E-state index in [0.717, 1.165) is 47.7 Å². The largest absolute Gasteiger partial charge is 0.330 e. The third-order valence-corrected chi connectivity index (χ3v) is 5.68. The molecule has 0 aliphatic carbocycles. The van der Waals surface area contributed by atoms with Gasteiger partial charge >= 0.3 is 0 Å². The second-order valence-electron chi connectivity index (χ2n) is 7.75. The highest BCUT2D eigenvalue weighted by Gasteiger charge is 2.15. The minimum Gasteiger partial charge on any atom is -0.330 e. The van der Waals surface area contributed by atoms with Gasteiger partial charge in [-0.15, -0.1) is 0 Å². The molecule has 146 valence electrons. The molecular formula is C23H28N4O. The van der Waals surface area contributed by atoms with Gasteiger partial charge in [-0.1, -0.05) is 31.0 Å². The average Bonchev–Trinajstić information content (AvgIpc) is 2.85. The van der Waals surface area contributed by atoms with Gasteiger partial charge in [-0.2, -0.15) is 0 Å². The summed E-state index contributed by atoms with van der Waals surface area (Å²) in [4.78, 5) is 20.0. The van der Waals surface area contributed by atoms with Gasteiger partial charge in [-0.05, 0) is 62.7 Å². The Labute approximate surface area is 166 Å². The molecule has 5 heteroatoms. The van der Waals surface area contributed by atoms with E-state index in [1.165, 1.54) is 25.7 Å². The summed E-state index contributed by atoms with van der Waals surface area (Å²) in [7, 11) is 2.08. The number of hydrogen-bond donors (Lipinski definition) is 1. The molecule has 1 N–H and O–H groups in total. The maximum atomic E-state index is 12.6. The third kappa shape index (κ3) is 3.94. The van der Waals surface area contributed by atoms with Crippen molar-refractivity contribution in [2.75, 3.05) is 18.4 Å². The van der Waals surface area contributed by atoms with Crippen molar-refractivity contribution in [1.29, 1.82) is 0 Å². The van der Waals surface area contributed by atoms with E-state index in [1.54, 1.807) is 0 Å². The molecule has 1 amide bonds. The Hall–Kier alpha value is -2.66. The molecule has 2 heterocycles. The van der Waals surface area contributed by atoms with Crippen LogP contribution in [0.15, 0.2) is 42.5 Å². The lowest BCUT2D eigenvalue weighted by Gasteiger charge is -2.19. The van der Waals surface area contributed by atoms with Crippen molar-refractivity contribution < 1.29 is 4.79 Å². The summed E-state index contributed by atoms with van der Waals surface area (Å²) < 4.78 is 2.17. The molecule has 0 saturated carbocycles. The summed E-state index contributed by atoms with van der Waals surface area (Å²) in [6.45, 7) is 5.14. The van der Waals surface area contributed by atoms with Crippen LogP contribution in [0.4, 0.5) is 5.69 Å². The minimum absolute atomic E-state index is 0.0850. The van der Waals surface area contributed by atoms with E-state index in [9.17, 15) is 4.79 Å². The maximum absolute atomic E-state index is 12.6. The van der Waals surface area contributed by atoms with Crippen molar-refractivity contribution in [2.45, 2.75) is 39.2 Å². The second kappa shape index (κ2) is 8.15. The van der Waals surface area contributed by atoms with Crippen LogP contribution in [0.5, 0.6) is 0 Å². The summed E-state index contributed by atoms with van der Waals surface area (Å²) in [6.07, 6.45) is 5.23. The number of hydrogen-bond acceptors (Lipinski definition) is 3. The van der Waals surface area contributed by atoms with Gasteiger partial charge in [0, 0.05) is 18.3 Å². The van der Waals surface area contributed by atoms with Gasteiger partial charge in [-0.3, -0.25) is 9.69 Å². The smallest absolute Gasteiger partial charge is 0.255 e. The number of carbonyl (C=O) groups is 1. The molecule has 1 aliphatic heterocycles. The number of fused-ring (bicyclic) bond motifs is 1. The number of aryl methyl sites for hydroxylation is 2. The number of anilines is 1. The zero-order valence-electron chi connectivity index (χ0n) is 16.7. The highest BCUT2D eigenvalue weighted by atomic mass is 16.1. The molecule has 3 aromatic rings. The van der Waals surface area contributed by atoms with E-state index >= 15 is 0 Å². The number of amides is 1. The molecule has 28 heavy (non-hydrogen) atoms. The lowest BCUT2D eigenvalue weighted by molar-refractivity contribution is 0.102. The Morgan fingerprint density at radius 1 is 1.07 bits per heavy atom. The first-order valence-electron chi connectivity index (χ1n) is 10.2. The standard InChI is InChI=1S/C23H28N4O/c1-17-9-5-6-10-19(17)23(28)24-18-11-12-21-20(15-18)25-22(26(21)2)16-27-13-7-3-4-8-14-27/h5-6,9-12,15H,3-4,7-8,13-14,16H2,1-2H3,(H,24,28). The Kier molecular flexibility index (Phi) is 5.44. The number of imidazole rings is 1. The average molecular weight is 377 g/mol. The molecular weight excluding hydrogens is 348 g/mol. The molecule has 4 rings (SSSR count). The number of aromatic nitrogens is 2. The van der Waals surface area contributed by atoms with E-state index < -0.39 is 0 Å². The van der Waals surface area contributed by atoms with Crippen LogP contribution >= 0.6 is 0 Å². The second-order valence-corrected chi connectivity index (χ2v) is 7.75. The number of carbonyl (C=O) groups excluding carboxylic acids is 1. The van der Waals surface area contributed by atoms with Gasteiger partial charge in [-0.25, -0.2) is 4.98 Å². The maximum Gasteiger partial charge on any atom is 0.255 e. The lowest BCUT2D eigenvalue weighted by atomic mass is 10.1. The number of nitrogens with zero attached hydrogens (tertiary/aromatic N) is 3. The number of benzene rings is 2. The molecule has 5 nitrogen and oxygen atoms in total. The molecule has 0 radical (unpaired) electrons. The van der Waals surface area contributed by atoms with Crippen molar-refractivity contribution in [3.05, 3.63) is 59.4 Å². The molecule has 2 aromatic carbocycles. The first-order chi connectivity index (χ1) is 13.6. The van der Waals surface area contributed by atoms with Crippen LogP contribution in [0, 0.1) is 6.92 Å². The summed E-state index contributed by atoms with van der Waals surface area (Å²) in [5, 5.41) is 3.01. The predicted molar refractivity (Wildman–Crippen MR) is 114 cm³/mol. The number of likely N-dealkylation sites (tertiary alicyclic amines) is 1. The molecule has 0 unspecified atom stereocenters. The van der Waals surface area contributed by atoms with Gasteiger partial charge in [0.05, 0.1) is 17.6 Å². The fraction of sp³-hybridized carbons (Fsp3) is 0.391. The van der Waals surface area contributed by atoms with E-state index in [0.29, 0.717) is 5.56 Å². The highest BCUT2D eigenvalue weighted by Crippen LogP contribution is 2.22. The molecule has 1 aliphatic rings. The third-order valence-electron chi connectivity index (χ3n) is 5.68. The van der Waals surface area contributed by atoms with Crippen molar-refractivity contribution in [3.63, 3.8) is 0 Å². The van der Waals surface area contributed by atoms with Crippen molar-refractivity contribution in [3.8, 4) is 0 Å². The molecule has 0 spiro atoms. The Morgan fingerprint density at radius 3 is 2.57 bits per heavy atom. The lowest BCUT2D eigenvalue weighted by Crippen LogP contribution is -2.25. The van der Waals surface area contributed by atoms with E-state index in [-0.39, 0.29) is 5.91 Å². The first-order valence-corrected chi connectivity index (χ1v) is 10.2. The van der Waals surface area contributed by atoms with Gasteiger partial charge in [0.2, 0.25) is 0 Å². The summed E-state index contributed by atoms with van der Waals surface area (Å²) in [5.74, 6) is 0.998. The normalized spacial score (nSPS) is 15.5. The molecule has 1 saturated heterocycles. The number of rotatable bonds is 4. The summed E-state index contributed by atoms with van der Waals surface area (Å²) in [6, 6.07) is 13.6. The van der Waals surface area contributed by atoms with Gasteiger partial charge in [0.15, 0.2) is 0 Å². The van der Waals surface area contributed by atoms with Crippen LogP contribution in [-0.4, -0.2) is 33.4 Å². The quantitative estimate of drug-likeness (QED) is 0.729. The zero-order chi connectivity index (χ0) is 19.5. The van der Waals surface area contributed by atoms with Crippen molar-refractivity contribution >= 4 is 22.6 Å². The summed E-state index contributed by atoms with van der Waals surface area (Å²) in [5.41, 5.74) is 4.47. The van der Waals surface area contributed by atoms with E-state index in [2.05, 4.69) is 21.8 Å². The minimum atomic E-state index is -0.0850. The predicted octanol–water partition coefficient (Wildman–Crippen LogP) is 4.51. The highest BCUT2D eigenvalue weighted by molar-refractivity contribution is 6.05. The Morgan fingerprint density at radius 2 is 1.82 bits per heavy atom. The topological polar surface area (TPSA) is 50.2 Å². The van der Waals surface area contributed by atoms with Crippen LogP contribution in [0.1, 0.15) is 47.4 Å². The molecule has 0 atom stereocenters. The van der Waals surface area contributed by atoms with E-state index in [4.69, 9.17) is 4.98 Å². The fourth-order valence-electron chi connectivity index (χ4n) is 3.99. The van der Waals surface area contributed by atoms with Gasteiger partial charge < -0.3 is 9.88 Å².